The van der Waals surface area contributed by atoms with Crippen molar-refractivity contribution in [1.82, 2.24) is 10.3 Å². The average Bonchev–Trinajstić information content (AvgIpc) is 3.05. The molecule has 7 nitrogen and oxygen atoms in total. The molecule has 0 atom stereocenters. The van der Waals surface area contributed by atoms with Gasteiger partial charge in [-0.15, -0.1) is 11.3 Å². The molecule has 0 spiro atoms. The number of carbonyl (C=O) groups is 3. The third kappa shape index (κ3) is 6.41. The summed E-state index contributed by atoms with van der Waals surface area (Å²) in [5.41, 5.74) is 0.234. The van der Waals surface area contributed by atoms with E-state index in [2.05, 4.69) is 20.4 Å². The van der Waals surface area contributed by atoms with Crippen LogP contribution in [0.4, 0.5) is 13.9 Å². The molecule has 2 rings (SSSR count). The number of thiazole rings is 1. The Hall–Kier alpha value is -2.88. The van der Waals surface area contributed by atoms with Crippen molar-refractivity contribution in [2.24, 2.45) is 0 Å². The lowest BCUT2D eigenvalue weighted by molar-refractivity contribution is -0.139. The SMILES string of the molecule is COC(=O)Cc1csc(NC(=O)CCCNC(=O)c2ccc(F)cc2F)n1. The Labute approximate surface area is 157 Å². The molecule has 0 radical (unpaired) electrons. The van der Waals surface area contributed by atoms with Gasteiger partial charge in [0.15, 0.2) is 5.13 Å². The van der Waals surface area contributed by atoms with Gasteiger partial charge in [-0.2, -0.15) is 0 Å². The molecule has 0 fully saturated rings. The van der Waals surface area contributed by atoms with E-state index in [4.69, 9.17) is 0 Å². The fourth-order valence-electron chi connectivity index (χ4n) is 2.07. The summed E-state index contributed by atoms with van der Waals surface area (Å²) in [6.45, 7) is 0.147. The van der Waals surface area contributed by atoms with Gasteiger partial charge in [0.25, 0.3) is 5.91 Å². The molecule has 1 aromatic carbocycles. The highest BCUT2D eigenvalue weighted by molar-refractivity contribution is 7.13. The normalized spacial score (nSPS) is 10.3. The zero-order valence-electron chi connectivity index (χ0n) is 14.4. The van der Waals surface area contributed by atoms with Crippen molar-refractivity contribution in [3.63, 3.8) is 0 Å². The zero-order valence-corrected chi connectivity index (χ0v) is 15.2. The van der Waals surface area contributed by atoms with Gasteiger partial charge in [-0.1, -0.05) is 0 Å². The molecule has 0 saturated carbocycles. The number of halogens is 2. The number of anilines is 1. The minimum absolute atomic E-state index is 0.0227. The van der Waals surface area contributed by atoms with Crippen LogP contribution in [0.15, 0.2) is 23.6 Å². The van der Waals surface area contributed by atoms with Crippen molar-refractivity contribution in [3.8, 4) is 0 Å². The maximum Gasteiger partial charge on any atom is 0.311 e. The van der Waals surface area contributed by atoms with Crippen molar-refractivity contribution in [2.45, 2.75) is 19.3 Å². The van der Waals surface area contributed by atoms with Gasteiger partial charge >= 0.3 is 5.97 Å². The lowest BCUT2D eigenvalue weighted by Gasteiger charge is -2.06. The lowest BCUT2D eigenvalue weighted by Crippen LogP contribution is -2.26. The fraction of sp³-hybridized carbons (Fsp3) is 0.294. The van der Waals surface area contributed by atoms with Gasteiger partial charge in [-0.05, 0) is 18.6 Å². The quantitative estimate of drug-likeness (QED) is 0.526. The summed E-state index contributed by atoms with van der Waals surface area (Å²) in [7, 11) is 1.28. The molecular formula is C17H17F2N3O4S. The highest BCUT2D eigenvalue weighted by atomic mass is 32.1. The Kier molecular flexibility index (Phi) is 7.35. The zero-order chi connectivity index (χ0) is 19.8. The van der Waals surface area contributed by atoms with Crippen LogP contribution in [0.1, 0.15) is 28.9 Å². The first-order chi connectivity index (χ1) is 12.9. The van der Waals surface area contributed by atoms with Crippen LogP contribution in [0.2, 0.25) is 0 Å². The molecule has 0 aliphatic rings. The van der Waals surface area contributed by atoms with E-state index in [-0.39, 0.29) is 30.9 Å². The van der Waals surface area contributed by atoms with Gasteiger partial charge < -0.3 is 15.4 Å². The smallest absolute Gasteiger partial charge is 0.311 e. The number of rotatable bonds is 8. The van der Waals surface area contributed by atoms with Crippen LogP contribution < -0.4 is 10.6 Å². The highest BCUT2D eigenvalue weighted by Crippen LogP contribution is 2.16. The minimum Gasteiger partial charge on any atom is -0.469 e. The van der Waals surface area contributed by atoms with Crippen LogP contribution in [0.25, 0.3) is 0 Å². The standard InChI is InChI=1S/C17H17F2N3O4S/c1-26-15(24)8-11-9-27-17(21-11)22-14(23)3-2-6-20-16(25)12-5-4-10(18)7-13(12)19/h4-5,7,9H,2-3,6,8H2,1H3,(H,20,25)(H,21,22,23). The second kappa shape index (κ2) is 9.72. The van der Waals surface area contributed by atoms with Crippen LogP contribution in [-0.4, -0.2) is 36.4 Å². The monoisotopic (exact) mass is 397 g/mol. The highest BCUT2D eigenvalue weighted by Gasteiger charge is 2.13. The molecule has 0 saturated heterocycles. The summed E-state index contributed by atoms with van der Waals surface area (Å²) in [5, 5.41) is 7.06. The first-order valence-electron chi connectivity index (χ1n) is 7.93. The Bertz CT molecular complexity index is 841. The van der Waals surface area contributed by atoms with E-state index in [0.29, 0.717) is 23.3 Å². The maximum absolute atomic E-state index is 13.5. The van der Waals surface area contributed by atoms with Gasteiger partial charge in [-0.3, -0.25) is 14.4 Å². The molecule has 0 bridgehead atoms. The molecule has 2 aromatic rings. The Morgan fingerprint density at radius 2 is 2.04 bits per heavy atom. The number of benzene rings is 1. The van der Waals surface area contributed by atoms with Gasteiger partial charge in [0.2, 0.25) is 5.91 Å². The van der Waals surface area contributed by atoms with Crippen LogP contribution in [0, 0.1) is 11.6 Å². The molecule has 1 heterocycles. The third-order valence-corrected chi connectivity index (χ3v) is 4.20. The summed E-state index contributed by atoms with van der Waals surface area (Å²) in [5.74, 6) is -3.13. The molecule has 2 amide bonds. The number of carbonyl (C=O) groups excluding carboxylic acids is 3. The first-order valence-corrected chi connectivity index (χ1v) is 8.81. The number of nitrogens with one attached hydrogen (secondary N) is 2. The topological polar surface area (TPSA) is 97.4 Å². The van der Waals surface area contributed by atoms with Crippen molar-refractivity contribution in [1.29, 1.82) is 0 Å². The number of methoxy groups -OCH3 is 1. The summed E-state index contributed by atoms with van der Waals surface area (Å²) in [6.07, 6.45) is 0.452. The van der Waals surface area contributed by atoms with Crippen molar-refractivity contribution >= 4 is 34.3 Å². The second-order valence-electron chi connectivity index (χ2n) is 5.43. The Morgan fingerprint density at radius 3 is 2.74 bits per heavy atom. The number of amides is 2. The number of hydrogen-bond donors (Lipinski definition) is 2. The van der Waals surface area contributed by atoms with Crippen molar-refractivity contribution in [2.75, 3.05) is 19.0 Å². The van der Waals surface area contributed by atoms with Crippen molar-refractivity contribution < 1.29 is 27.9 Å². The molecule has 10 heteroatoms. The molecular weight excluding hydrogens is 380 g/mol. The second-order valence-corrected chi connectivity index (χ2v) is 6.29. The molecule has 0 unspecified atom stereocenters. The van der Waals surface area contributed by atoms with E-state index in [1.54, 1.807) is 5.38 Å². The Morgan fingerprint density at radius 1 is 1.26 bits per heavy atom. The van der Waals surface area contributed by atoms with Gasteiger partial charge in [0.1, 0.15) is 11.6 Å². The van der Waals surface area contributed by atoms with Gasteiger partial charge in [-0.25, -0.2) is 13.8 Å². The van der Waals surface area contributed by atoms with E-state index in [0.717, 1.165) is 12.1 Å². The number of esters is 1. The van der Waals surface area contributed by atoms with E-state index in [1.165, 1.54) is 18.4 Å². The lowest BCUT2D eigenvalue weighted by atomic mass is 10.2. The largest absolute Gasteiger partial charge is 0.469 e. The fourth-order valence-corrected chi connectivity index (χ4v) is 2.79. The minimum atomic E-state index is -0.947. The Balaban J connectivity index is 1.71. The summed E-state index contributed by atoms with van der Waals surface area (Å²) in [4.78, 5) is 38.9. The van der Waals surface area contributed by atoms with Gasteiger partial charge in [0.05, 0.1) is 24.8 Å². The number of aromatic nitrogens is 1. The van der Waals surface area contributed by atoms with Crippen molar-refractivity contribution in [3.05, 3.63) is 46.5 Å². The third-order valence-electron chi connectivity index (χ3n) is 3.39. The van der Waals surface area contributed by atoms with Crippen LogP contribution in [0.5, 0.6) is 0 Å². The summed E-state index contributed by atoms with van der Waals surface area (Å²) >= 11 is 1.18. The molecule has 144 valence electrons. The predicted molar refractivity (Wildman–Crippen MR) is 94.4 cm³/mol. The molecule has 0 aliphatic heterocycles. The molecule has 1 aromatic heterocycles. The van der Waals surface area contributed by atoms with Gasteiger partial charge in [0, 0.05) is 24.4 Å². The molecule has 27 heavy (non-hydrogen) atoms. The number of hydrogen-bond acceptors (Lipinski definition) is 6. The molecule has 0 aliphatic carbocycles. The first kappa shape index (κ1) is 20.4. The number of ether oxygens (including phenoxy) is 1. The van der Waals surface area contributed by atoms with E-state index in [1.807, 2.05) is 0 Å². The van der Waals surface area contributed by atoms with Crippen LogP contribution in [-0.2, 0) is 20.7 Å². The molecule has 2 N–H and O–H groups in total. The predicted octanol–water partition coefficient (Wildman–Crippen LogP) is 2.29. The van der Waals surface area contributed by atoms with E-state index < -0.39 is 23.5 Å². The van der Waals surface area contributed by atoms with Crippen LogP contribution in [0.3, 0.4) is 0 Å². The van der Waals surface area contributed by atoms with Crippen LogP contribution >= 0.6 is 11.3 Å². The maximum atomic E-state index is 13.5. The van der Waals surface area contributed by atoms with E-state index >= 15 is 0 Å². The number of nitrogens with zero attached hydrogens (tertiary/aromatic N) is 1. The van der Waals surface area contributed by atoms with E-state index in [9.17, 15) is 23.2 Å². The average molecular weight is 397 g/mol. The summed E-state index contributed by atoms with van der Waals surface area (Å²) in [6, 6.07) is 2.68. The summed E-state index contributed by atoms with van der Waals surface area (Å²) < 4.78 is 30.8.